The van der Waals surface area contributed by atoms with Gasteiger partial charge in [0.2, 0.25) is 5.95 Å². The number of rotatable bonds is 5. The van der Waals surface area contributed by atoms with Crippen LogP contribution >= 0.6 is 11.6 Å². The lowest BCUT2D eigenvalue weighted by atomic mass is 9.77. The van der Waals surface area contributed by atoms with Gasteiger partial charge < -0.3 is 15.3 Å². The van der Waals surface area contributed by atoms with E-state index in [9.17, 15) is 9.32 Å². The number of hydrogen-bond donors (Lipinski definition) is 2. The Kier molecular flexibility index (Phi) is 5.81. The average Bonchev–Trinajstić information content (AvgIpc) is 2.99. The highest BCUT2D eigenvalue weighted by molar-refractivity contribution is 7.87. The standard InChI is InChI=1S/C22H28ClFN6O2S/c1-21(2)8-16-17(33(21)32)19(29-22(12-31)5-3-6-22)28-20(27-16)30-7-4-14(15(24)11-30)18-25-9-13(23)10-26-18/h9-10,14-15,31H,3-8,11-12H2,1-2H3,(H,27,28,29)/t14?,15?,33-/m0/s1. The summed E-state index contributed by atoms with van der Waals surface area (Å²) in [5.41, 5.74) is 0.287. The van der Waals surface area contributed by atoms with Crippen molar-refractivity contribution in [2.45, 2.75) is 73.2 Å². The molecule has 2 unspecified atom stereocenters. The molecule has 8 nitrogen and oxygen atoms in total. The van der Waals surface area contributed by atoms with Crippen molar-refractivity contribution >= 4 is 34.2 Å². The molecular weight excluding hydrogens is 467 g/mol. The van der Waals surface area contributed by atoms with Gasteiger partial charge in [-0.3, -0.25) is 4.21 Å². The number of hydrogen-bond acceptors (Lipinski definition) is 8. The molecule has 0 aromatic carbocycles. The zero-order valence-electron chi connectivity index (χ0n) is 18.7. The van der Waals surface area contributed by atoms with Crippen molar-refractivity contribution in [2.24, 2.45) is 0 Å². The van der Waals surface area contributed by atoms with E-state index < -0.39 is 33.2 Å². The van der Waals surface area contributed by atoms with Gasteiger partial charge in [0.25, 0.3) is 0 Å². The second kappa shape index (κ2) is 8.39. The van der Waals surface area contributed by atoms with E-state index in [0.29, 0.717) is 46.9 Å². The molecule has 1 aliphatic carbocycles. The van der Waals surface area contributed by atoms with Crippen molar-refractivity contribution in [3.05, 3.63) is 28.9 Å². The van der Waals surface area contributed by atoms with Crippen LogP contribution in [0.3, 0.4) is 0 Å². The Morgan fingerprint density at radius 1 is 1.30 bits per heavy atom. The lowest BCUT2D eigenvalue weighted by Gasteiger charge is -2.42. The van der Waals surface area contributed by atoms with Crippen LogP contribution in [-0.2, 0) is 17.2 Å². The number of nitrogens with one attached hydrogen (secondary N) is 1. The Labute approximate surface area is 199 Å². The maximum absolute atomic E-state index is 15.2. The highest BCUT2D eigenvalue weighted by Crippen LogP contribution is 2.43. The fourth-order valence-corrected chi connectivity index (χ4v) is 6.36. The van der Waals surface area contributed by atoms with Crippen molar-refractivity contribution in [3.8, 4) is 0 Å². The Morgan fingerprint density at radius 2 is 2.03 bits per heavy atom. The van der Waals surface area contributed by atoms with Gasteiger partial charge in [-0.25, -0.2) is 19.3 Å². The van der Waals surface area contributed by atoms with E-state index in [2.05, 4.69) is 15.3 Å². The van der Waals surface area contributed by atoms with Crippen molar-refractivity contribution < 1.29 is 13.7 Å². The summed E-state index contributed by atoms with van der Waals surface area (Å²) in [4.78, 5) is 20.3. The number of halogens is 2. The molecule has 2 aliphatic heterocycles. The molecule has 4 heterocycles. The maximum Gasteiger partial charge on any atom is 0.227 e. The summed E-state index contributed by atoms with van der Waals surface area (Å²) in [6, 6.07) is 0. The van der Waals surface area contributed by atoms with Gasteiger partial charge in [-0.2, -0.15) is 4.98 Å². The van der Waals surface area contributed by atoms with Crippen LogP contribution in [0, 0.1) is 0 Å². The third-order valence-corrected chi connectivity index (χ3v) is 9.14. The summed E-state index contributed by atoms with van der Waals surface area (Å²) in [6.45, 7) is 4.55. The molecule has 33 heavy (non-hydrogen) atoms. The predicted octanol–water partition coefficient (Wildman–Crippen LogP) is 3.02. The molecule has 3 aliphatic rings. The summed E-state index contributed by atoms with van der Waals surface area (Å²) in [5.74, 6) is 0.975. The normalized spacial score (nSPS) is 27.7. The first kappa shape index (κ1) is 22.9. The summed E-state index contributed by atoms with van der Waals surface area (Å²) in [6.07, 6.45) is 5.54. The Hall–Kier alpha value is -1.91. The van der Waals surface area contributed by atoms with E-state index in [1.54, 1.807) is 0 Å². The van der Waals surface area contributed by atoms with Crippen molar-refractivity contribution in [2.75, 3.05) is 29.9 Å². The first-order valence-corrected chi connectivity index (χ1v) is 12.8. The van der Waals surface area contributed by atoms with E-state index in [4.69, 9.17) is 21.6 Å². The molecule has 2 N–H and O–H groups in total. The zero-order chi connectivity index (χ0) is 23.4. The van der Waals surface area contributed by atoms with Gasteiger partial charge in [-0.05, 0) is 39.5 Å². The number of aliphatic hydroxyl groups is 1. The summed E-state index contributed by atoms with van der Waals surface area (Å²) in [5, 5.41) is 13.8. The van der Waals surface area contributed by atoms with Gasteiger partial charge in [0, 0.05) is 25.4 Å². The fourth-order valence-electron chi connectivity index (χ4n) is 4.84. The first-order chi connectivity index (χ1) is 15.7. The zero-order valence-corrected chi connectivity index (χ0v) is 20.3. The molecule has 0 radical (unpaired) electrons. The fraction of sp³-hybridized carbons (Fsp3) is 0.636. The van der Waals surface area contributed by atoms with Crippen LogP contribution in [0.1, 0.15) is 57.0 Å². The number of nitrogens with zero attached hydrogens (tertiary/aromatic N) is 5. The summed E-state index contributed by atoms with van der Waals surface area (Å²) in [7, 11) is -1.28. The van der Waals surface area contributed by atoms with Gasteiger partial charge in [-0.1, -0.05) is 11.6 Å². The second-order valence-electron chi connectivity index (χ2n) is 9.89. The molecule has 11 heteroatoms. The third kappa shape index (κ3) is 4.10. The minimum absolute atomic E-state index is 0.0177. The quantitative estimate of drug-likeness (QED) is 0.653. The minimum atomic E-state index is -1.28. The van der Waals surface area contributed by atoms with Crippen LogP contribution < -0.4 is 10.2 Å². The molecule has 2 aromatic rings. The van der Waals surface area contributed by atoms with Gasteiger partial charge >= 0.3 is 0 Å². The molecule has 0 amide bonds. The number of piperidine rings is 1. The van der Waals surface area contributed by atoms with Gasteiger partial charge in [0.05, 0.1) is 50.9 Å². The molecule has 0 spiro atoms. The summed E-state index contributed by atoms with van der Waals surface area (Å²) < 4.78 is 28.0. The Balaban J connectivity index is 1.44. The highest BCUT2D eigenvalue weighted by Gasteiger charge is 2.44. The highest BCUT2D eigenvalue weighted by atomic mass is 35.5. The second-order valence-corrected chi connectivity index (χ2v) is 12.4. The van der Waals surface area contributed by atoms with Gasteiger partial charge in [0.1, 0.15) is 22.7 Å². The first-order valence-electron chi connectivity index (χ1n) is 11.3. The van der Waals surface area contributed by atoms with Crippen molar-refractivity contribution in [1.29, 1.82) is 0 Å². The Morgan fingerprint density at radius 3 is 2.64 bits per heavy atom. The lowest BCUT2D eigenvalue weighted by Crippen LogP contribution is -2.49. The number of alkyl halides is 1. The van der Waals surface area contributed by atoms with Crippen molar-refractivity contribution in [1.82, 2.24) is 19.9 Å². The number of aliphatic hydroxyl groups excluding tert-OH is 1. The number of anilines is 2. The van der Waals surface area contributed by atoms with Gasteiger partial charge in [-0.15, -0.1) is 0 Å². The van der Waals surface area contributed by atoms with Crippen LogP contribution in [0.2, 0.25) is 5.02 Å². The smallest absolute Gasteiger partial charge is 0.227 e. The van der Waals surface area contributed by atoms with E-state index in [1.165, 1.54) is 12.4 Å². The molecule has 178 valence electrons. The van der Waals surface area contributed by atoms with E-state index in [1.807, 2.05) is 18.7 Å². The number of fused-ring (bicyclic) bond motifs is 1. The topological polar surface area (TPSA) is 104 Å². The van der Waals surface area contributed by atoms with Crippen LogP contribution in [0.5, 0.6) is 0 Å². The summed E-state index contributed by atoms with van der Waals surface area (Å²) >= 11 is 5.87. The van der Waals surface area contributed by atoms with Crippen LogP contribution in [-0.4, -0.2) is 65.4 Å². The van der Waals surface area contributed by atoms with E-state index >= 15 is 4.39 Å². The monoisotopic (exact) mass is 494 g/mol. The molecule has 1 saturated heterocycles. The van der Waals surface area contributed by atoms with Gasteiger partial charge in [0.15, 0.2) is 0 Å². The SMILES string of the molecule is CC1(C)Cc2nc(N3CCC(c4ncc(Cl)cn4)C(F)C3)nc(NC3(CO)CCC3)c2[S@@]1=O. The molecule has 2 aromatic heterocycles. The minimum Gasteiger partial charge on any atom is -0.394 e. The van der Waals surface area contributed by atoms with Crippen LogP contribution in [0.25, 0.3) is 0 Å². The molecule has 1 saturated carbocycles. The molecule has 3 atom stereocenters. The number of aromatic nitrogens is 4. The predicted molar refractivity (Wildman–Crippen MR) is 125 cm³/mol. The third-order valence-electron chi connectivity index (χ3n) is 7.00. The van der Waals surface area contributed by atoms with E-state index in [0.717, 1.165) is 25.0 Å². The molecule has 0 bridgehead atoms. The largest absolute Gasteiger partial charge is 0.394 e. The van der Waals surface area contributed by atoms with Crippen LogP contribution in [0.15, 0.2) is 17.3 Å². The molecular formula is C22H28ClFN6O2S. The molecule has 5 rings (SSSR count). The van der Waals surface area contributed by atoms with Crippen molar-refractivity contribution in [3.63, 3.8) is 0 Å². The maximum atomic E-state index is 15.2. The molecule has 2 fully saturated rings. The Bertz CT molecular complexity index is 1080. The van der Waals surface area contributed by atoms with Crippen LogP contribution in [0.4, 0.5) is 16.2 Å². The van der Waals surface area contributed by atoms with E-state index in [-0.39, 0.29) is 13.2 Å². The lowest BCUT2D eigenvalue weighted by molar-refractivity contribution is 0.143. The average molecular weight is 495 g/mol.